The van der Waals surface area contributed by atoms with Gasteiger partial charge in [0.05, 0.1) is 6.61 Å². The van der Waals surface area contributed by atoms with Gasteiger partial charge in [-0.05, 0) is 6.92 Å². The quantitative estimate of drug-likeness (QED) is 0.308. The van der Waals surface area contributed by atoms with Gasteiger partial charge in [-0.15, -0.1) is 0 Å². The van der Waals surface area contributed by atoms with Gasteiger partial charge in [0, 0.05) is 0 Å². The Morgan fingerprint density at radius 3 is 2.31 bits per heavy atom. The summed E-state index contributed by atoms with van der Waals surface area (Å²) in [5.74, 6) is 0. The Hall–Kier alpha value is -0.240. The Morgan fingerprint density at radius 2 is 1.85 bits per heavy atom. The third-order valence-electron chi connectivity index (χ3n) is 2.34. The fraction of sp³-hybridized carbons (Fsp3) is 1.00. The van der Waals surface area contributed by atoms with Crippen LogP contribution in [-0.2, 0) is 4.74 Å². The van der Waals surface area contributed by atoms with Crippen LogP contribution in [0, 0.1) is 0 Å². The lowest BCUT2D eigenvalue weighted by atomic mass is 9.86. The van der Waals surface area contributed by atoms with Gasteiger partial charge in [0.25, 0.3) is 0 Å². The molecule has 0 aromatic rings. The van der Waals surface area contributed by atoms with Gasteiger partial charge in [-0.2, -0.15) is 0 Å². The first kappa shape index (κ1) is 10.8. The Kier molecular flexibility index (Phi) is 2.91. The first-order valence-electron chi connectivity index (χ1n) is 3.94. The van der Waals surface area contributed by atoms with Crippen LogP contribution in [0.15, 0.2) is 0 Å². The molecule has 1 aliphatic heterocycles. The summed E-state index contributed by atoms with van der Waals surface area (Å²) in [5, 5.41) is 45.8. The number of rotatable bonds is 1. The van der Waals surface area contributed by atoms with Gasteiger partial charge in [-0.3, -0.25) is 0 Å². The van der Waals surface area contributed by atoms with Gasteiger partial charge >= 0.3 is 0 Å². The summed E-state index contributed by atoms with van der Waals surface area (Å²) in [7, 11) is 0. The molecule has 0 aromatic heterocycles. The molecule has 6 heteroatoms. The van der Waals surface area contributed by atoms with Crippen molar-refractivity contribution in [3.63, 3.8) is 0 Å². The van der Waals surface area contributed by atoms with E-state index in [0.717, 1.165) is 0 Å². The second-order valence-corrected chi connectivity index (χ2v) is 3.36. The lowest BCUT2D eigenvalue weighted by Gasteiger charge is -2.44. The van der Waals surface area contributed by atoms with Gasteiger partial charge in [0.1, 0.15) is 23.9 Å². The van der Waals surface area contributed by atoms with E-state index in [4.69, 9.17) is 15.3 Å². The van der Waals surface area contributed by atoms with Crippen LogP contribution in [0.25, 0.3) is 0 Å². The average molecular weight is 194 g/mol. The van der Waals surface area contributed by atoms with Crippen molar-refractivity contribution in [1.82, 2.24) is 0 Å². The summed E-state index contributed by atoms with van der Waals surface area (Å²) in [5.41, 5.74) is -1.77. The molecule has 6 nitrogen and oxygen atoms in total. The molecule has 0 radical (unpaired) electrons. The van der Waals surface area contributed by atoms with Crippen molar-refractivity contribution in [2.75, 3.05) is 6.61 Å². The maximum absolute atomic E-state index is 9.58. The van der Waals surface area contributed by atoms with Crippen LogP contribution >= 0.6 is 0 Å². The molecule has 1 aliphatic rings. The van der Waals surface area contributed by atoms with Gasteiger partial charge in [0.15, 0.2) is 6.29 Å². The van der Waals surface area contributed by atoms with E-state index in [-0.39, 0.29) is 0 Å². The first-order valence-corrected chi connectivity index (χ1v) is 3.94. The number of hydrogen-bond donors (Lipinski definition) is 5. The third-order valence-corrected chi connectivity index (χ3v) is 2.34. The van der Waals surface area contributed by atoms with Crippen molar-refractivity contribution < 1.29 is 30.3 Å². The Balaban J connectivity index is 2.82. The first-order chi connectivity index (χ1) is 5.91. The molecule has 13 heavy (non-hydrogen) atoms. The predicted octanol–water partition coefficient (Wildman–Crippen LogP) is -2.83. The summed E-state index contributed by atoms with van der Waals surface area (Å²) in [6.07, 6.45) is -5.82. The van der Waals surface area contributed by atoms with Gasteiger partial charge in [0.2, 0.25) is 0 Å². The van der Waals surface area contributed by atoms with E-state index >= 15 is 0 Å². The fourth-order valence-corrected chi connectivity index (χ4v) is 1.31. The van der Waals surface area contributed by atoms with Crippen molar-refractivity contribution in [3.8, 4) is 0 Å². The maximum atomic E-state index is 9.58. The number of ether oxygens (including phenoxy) is 1. The highest BCUT2D eigenvalue weighted by molar-refractivity contribution is 4.98. The maximum Gasteiger partial charge on any atom is 0.184 e. The van der Waals surface area contributed by atoms with Crippen molar-refractivity contribution in [3.05, 3.63) is 0 Å². The topological polar surface area (TPSA) is 110 Å². The molecule has 0 spiro atoms. The monoisotopic (exact) mass is 194 g/mol. The molecule has 0 aliphatic carbocycles. The fourth-order valence-electron chi connectivity index (χ4n) is 1.31. The smallest absolute Gasteiger partial charge is 0.184 e. The zero-order valence-corrected chi connectivity index (χ0v) is 7.16. The van der Waals surface area contributed by atoms with Crippen molar-refractivity contribution >= 4 is 0 Å². The molecular weight excluding hydrogens is 180 g/mol. The van der Waals surface area contributed by atoms with Gasteiger partial charge in [-0.1, -0.05) is 0 Å². The van der Waals surface area contributed by atoms with Gasteiger partial charge in [-0.25, -0.2) is 0 Å². The summed E-state index contributed by atoms with van der Waals surface area (Å²) < 4.78 is 4.68. The SMILES string of the molecule is C[C@]1(O)[C@H](O)[C@@H](O)[C@@H](O)O[C@@H]1CO. The molecule has 0 aromatic carbocycles. The molecule has 1 rings (SSSR count). The second-order valence-electron chi connectivity index (χ2n) is 3.36. The Morgan fingerprint density at radius 1 is 1.31 bits per heavy atom. The number of aliphatic hydroxyl groups is 5. The zero-order valence-electron chi connectivity index (χ0n) is 7.16. The molecule has 0 amide bonds. The molecule has 0 bridgehead atoms. The van der Waals surface area contributed by atoms with Crippen LogP contribution in [0.3, 0.4) is 0 Å². The number of aliphatic hydroxyl groups excluding tert-OH is 4. The average Bonchev–Trinajstić information content (AvgIpc) is 2.08. The molecule has 5 N–H and O–H groups in total. The minimum atomic E-state index is -1.77. The molecule has 1 saturated heterocycles. The molecule has 0 unspecified atom stereocenters. The van der Waals surface area contributed by atoms with Crippen LogP contribution in [0.5, 0.6) is 0 Å². The van der Waals surface area contributed by atoms with E-state index in [1.807, 2.05) is 0 Å². The molecular formula is C7H14O6. The van der Waals surface area contributed by atoms with Crippen molar-refractivity contribution in [2.24, 2.45) is 0 Å². The van der Waals surface area contributed by atoms with E-state index in [1.54, 1.807) is 0 Å². The highest BCUT2D eigenvalue weighted by Crippen LogP contribution is 2.28. The normalized spacial score (nSPS) is 52.2. The lowest BCUT2D eigenvalue weighted by molar-refractivity contribution is -0.316. The minimum absolute atomic E-state index is 0.548. The standard InChI is InChI=1S/C7H14O6/c1-7(12)3(2-8)13-6(11)4(9)5(7)10/h3-6,8-12H,2H2,1H3/t3-,4-,5-,6+,7-/m1/s1. The van der Waals surface area contributed by atoms with Crippen LogP contribution in [0.4, 0.5) is 0 Å². The van der Waals surface area contributed by atoms with Crippen LogP contribution in [0.2, 0.25) is 0 Å². The molecule has 0 saturated carbocycles. The van der Waals surface area contributed by atoms with Crippen molar-refractivity contribution in [2.45, 2.75) is 37.1 Å². The Labute approximate surface area is 75.0 Å². The van der Waals surface area contributed by atoms with Gasteiger partial charge < -0.3 is 30.3 Å². The molecule has 1 heterocycles. The van der Waals surface area contributed by atoms with E-state index in [0.29, 0.717) is 0 Å². The third kappa shape index (κ3) is 1.69. The van der Waals surface area contributed by atoms with Crippen molar-refractivity contribution in [1.29, 1.82) is 0 Å². The summed E-state index contributed by atoms with van der Waals surface area (Å²) in [6, 6.07) is 0. The van der Waals surface area contributed by atoms with Crippen LogP contribution < -0.4 is 0 Å². The lowest BCUT2D eigenvalue weighted by Crippen LogP contribution is -2.65. The molecule has 5 atom stereocenters. The summed E-state index contributed by atoms with van der Waals surface area (Å²) >= 11 is 0. The van der Waals surface area contributed by atoms with Crippen LogP contribution in [-0.4, -0.2) is 62.3 Å². The van der Waals surface area contributed by atoms with E-state index in [9.17, 15) is 10.2 Å². The highest BCUT2D eigenvalue weighted by Gasteiger charge is 2.51. The van der Waals surface area contributed by atoms with E-state index in [2.05, 4.69) is 4.74 Å². The molecule has 78 valence electrons. The predicted molar refractivity (Wildman–Crippen MR) is 40.6 cm³/mol. The van der Waals surface area contributed by atoms with E-state index in [1.165, 1.54) is 6.92 Å². The number of hydrogen-bond acceptors (Lipinski definition) is 6. The summed E-state index contributed by atoms with van der Waals surface area (Å²) in [6.45, 7) is 0.668. The van der Waals surface area contributed by atoms with E-state index < -0.39 is 36.8 Å². The largest absolute Gasteiger partial charge is 0.394 e. The second kappa shape index (κ2) is 3.49. The Bertz CT molecular complexity index is 178. The highest BCUT2D eigenvalue weighted by atomic mass is 16.6. The zero-order chi connectivity index (χ0) is 10.2. The van der Waals surface area contributed by atoms with Crippen LogP contribution in [0.1, 0.15) is 6.92 Å². The minimum Gasteiger partial charge on any atom is -0.394 e. The molecule has 1 fully saturated rings. The summed E-state index contributed by atoms with van der Waals surface area (Å²) in [4.78, 5) is 0.